The van der Waals surface area contributed by atoms with Crippen molar-refractivity contribution in [1.29, 1.82) is 0 Å². The van der Waals surface area contributed by atoms with Crippen molar-refractivity contribution in [3.8, 4) is 0 Å². The van der Waals surface area contributed by atoms with E-state index >= 15 is 0 Å². The molecule has 94 valence electrons. The molecule has 5 heteroatoms. The van der Waals surface area contributed by atoms with E-state index in [4.69, 9.17) is 11.6 Å². The molecule has 17 heavy (non-hydrogen) atoms. The number of hydrogen-bond donors (Lipinski definition) is 1. The quantitative estimate of drug-likeness (QED) is 0.878. The number of likely N-dealkylation sites (N-methyl/N-ethyl adjacent to an activating group) is 1. The van der Waals surface area contributed by atoms with E-state index in [0.29, 0.717) is 12.0 Å². The molecule has 1 aromatic rings. The van der Waals surface area contributed by atoms with Gasteiger partial charge in [-0.15, -0.1) is 0 Å². The molecule has 0 aromatic heterocycles. The Morgan fingerprint density at radius 3 is 2.41 bits per heavy atom. The monoisotopic (exact) mass is 263 g/mol. The Kier molecular flexibility index (Phi) is 3.12. The van der Waals surface area contributed by atoms with Gasteiger partial charge in [-0.25, -0.2) is 0 Å². The van der Waals surface area contributed by atoms with Crippen LogP contribution in [0.5, 0.6) is 0 Å². The zero-order valence-corrected chi connectivity index (χ0v) is 10.1. The van der Waals surface area contributed by atoms with Gasteiger partial charge in [0.2, 0.25) is 0 Å². The molecule has 0 bridgehead atoms. The van der Waals surface area contributed by atoms with Crippen LogP contribution in [-0.4, -0.2) is 12.6 Å². The zero-order chi connectivity index (χ0) is 12.7. The molecule has 0 aliphatic heterocycles. The normalized spacial score (nSPS) is 18.2. The number of rotatable bonds is 3. The standard InChI is InChI=1S/C12H13ClF3N/c1-17-11(2-3-11)7-8-4-9(12(14,15)16)6-10(13)5-8/h4-6,17H,2-3,7H2,1H3. The molecular formula is C12H13ClF3N. The second-order valence-electron chi connectivity index (χ2n) is 4.55. The van der Waals surface area contributed by atoms with Gasteiger partial charge < -0.3 is 5.32 Å². The first-order valence-corrected chi connectivity index (χ1v) is 5.78. The SMILES string of the molecule is CNC1(Cc2cc(Cl)cc(C(F)(F)F)c2)CC1. The molecule has 0 saturated heterocycles. The van der Waals surface area contributed by atoms with Crippen LogP contribution in [0, 0.1) is 0 Å². The van der Waals surface area contributed by atoms with Crippen LogP contribution < -0.4 is 5.32 Å². The minimum absolute atomic E-state index is 0.0203. The Bertz CT molecular complexity index is 424. The van der Waals surface area contributed by atoms with Crippen molar-refractivity contribution in [3.63, 3.8) is 0 Å². The summed E-state index contributed by atoms with van der Waals surface area (Å²) in [6, 6.07) is 3.75. The van der Waals surface area contributed by atoms with Gasteiger partial charge in [0.1, 0.15) is 0 Å². The van der Waals surface area contributed by atoms with Gasteiger partial charge in [-0.05, 0) is 50.1 Å². The van der Waals surface area contributed by atoms with E-state index in [1.807, 2.05) is 7.05 Å². The lowest BCUT2D eigenvalue weighted by Gasteiger charge is -2.16. The first kappa shape index (κ1) is 12.7. The highest BCUT2D eigenvalue weighted by Crippen LogP contribution is 2.39. The highest BCUT2D eigenvalue weighted by atomic mass is 35.5. The minimum atomic E-state index is -4.34. The predicted molar refractivity (Wildman–Crippen MR) is 61.2 cm³/mol. The molecule has 0 heterocycles. The highest BCUT2D eigenvalue weighted by Gasteiger charge is 2.41. The molecule has 1 saturated carbocycles. The molecule has 0 radical (unpaired) electrons. The van der Waals surface area contributed by atoms with Gasteiger partial charge in [0.15, 0.2) is 0 Å². The average molecular weight is 264 g/mol. The summed E-state index contributed by atoms with van der Waals surface area (Å²) >= 11 is 5.73. The summed E-state index contributed by atoms with van der Waals surface area (Å²) < 4.78 is 37.8. The van der Waals surface area contributed by atoms with Gasteiger partial charge in [0, 0.05) is 10.6 Å². The Morgan fingerprint density at radius 1 is 1.29 bits per heavy atom. The Morgan fingerprint density at radius 2 is 1.94 bits per heavy atom. The topological polar surface area (TPSA) is 12.0 Å². The first-order valence-electron chi connectivity index (χ1n) is 5.40. The summed E-state index contributed by atoms with van der Waals surface area (Å²) in [5.41, 5.74) is -0.0586. The number of hydrogen-bond acceptors (Lipinski definition) is 1. The fraction of sp³-hybridized carbons (Fsp3) is 0.500. The van der Waals surface area contributed by atoms with Crippen LogP contribution in [0.3, 0.4) is 0 Å². The summed E-state index contributed by atoms with van der Waals surface area (Å²) in [6.45, 7) is 0. The summed E-state index contributed by atoms with van der Waals surface area (Å²) in [5, 5.41) is 3.29. The maximum atomic E-state index is 12.6. The fourth-order valence-electron chi connectivity index (χ4n) is 1.97. The molecule has 1 nitrogen and oxygen atoms in total. The van der Waals surface area contributed by atoms with Crippen molar-refractivity contribution in [2.24, 2.45) is 0 Å². The number of nitrogens with one attached hydrogen (secondary N) is 1. The summed E-state index contributed by atoms with van der Waals surface area (Å²) in [6.07, 6.45) is -1.75. The van der Waals surface area contributed by atoms with Crippen LogP contribution in [0.1, 0.15) is 24.0 Å². The Balaban J connectivity index is 2.26. The van der Waals surface area contributed by atoms with Crippen LogP contribution in [0.4, 0.5) is 13.2 Å². The van der Waals surface area contributed by atoms with Crippen molar-refractivity contribution < 1.29 is 13.2 Å². The van der Waals surface area contributed by atoms with Crippen molar-refractivity contribution in [2.75, 3.05) is 7.05 Å². The molecule has 0 unspecified atom stereocenters. The molecule has 1 aliphatic carbocycles. The lowest BCUT2D eigenvalue weighted by Crippen LogP contribution is -2.29. The van der Waals surface area contributed by atoms with Gasteiger partial charge in [-0.3, -0.25) is 0 Å². The lowest BCUT2D eigenvalue weighted by molar-refractivity contribution is -0.137. The Hall–Kier alpha value is -0.740. The third-order valence-electron chi connectivity index (χ3n) is 3.21. The van der Waals surface area contributed by atoms with Crippen LogP contribution in [0.15, 0.2) is 18.2 Å². The fourth-order valence-corrected chi connectivity index (χ4v) is 2.23. The van der Waals surface area contributed by atoms with Gasteiger partial charge >= 0.3 is 6.18 Å². The number of benzene rings is 1. The predicted octanol–water partition coefficient (Wildman–Crippen LogP) is 3.65. The van der Waals surface area contributed by atoms with Gasteiger partial charge in [0.25, 0.3) is 0 Å². The summed E-state index contributed by atoms with van der Waals surface area (Å²) in [4.78, 5) is 0. The molecule has 0 spiro atoms. The highest BCUT2D eigenvalue weighted by molar-refractivity contribution is 6.30. The van der Waals surface area contributed by atoms with E-state index in [1.165, 1.54) is 6.07 Å². The maximum absolute atomic E-state index is 12.6. The van der Waals surface area contributed by atoms with Gasteiger partial charge in [-0.2, -0.15) is 13.2 Å². The third-order valence-corrected chi connectivity index (χ3v) is 3.43. The van der Waals surface area contributed by atoms with E-state index in [2.05, 4.69) is 5.32 Å². The zero-order valence-electron chi connectivity index (χ0n) is 9.37. The van der Waals surface area contributed by atoms with Gasteiger partial charge in [-0.1, -0.05) is 11.6 Å². The van der Waals surface area contributed by atoms with Crippen molar-refractivity contribution in [2.45, 2.75) is 31.0 Å². The molecule has 1 fully saturated rings. The first-order chi connectivity index (χ1) is 7.85. The second kappa shape index (κ2) is 4.18. The van der Waals surface area contributed by atoms with Crippen molar-refractivity contribution in [1.82, 2.24) is 5.32 Å². The minimum Gasteiger partial charge on any atom is -0.314 e. The Labute approximate surface area is 103 Å². The van der Waals surface area contributed by atoms with E-state index in [-0.39, 0.29) is 10.6 Å². The molecule has 1 aromatic carbocycles. The smallest absolute Gasteiger partial charge is 0.314 e. The molecule has 1 N–H and O–H groups in total. The maximum Gasteiger partial charge on any atom is 0.416 e. The van der Waals surface area contributed by atoms with Crippen LogP contribution in [-0.2, 0) is 12.6 Å². The second-order valence-corrected chi connectivity index (χ2v) is 4.99. The number of halogens is 4. The molecule has 2 rings (SSSR count). The average Bonchev–Trinajstić information content (AvgIpc) is 2.96. The molecule has 1 aliphatic rings. The van der Waals surface area contributed by atoms with Crippen LogP contribution in [0.25, 0.3) is 0 Å². The van der Waals surface area contributed by atoms with Crippen molar-refractivity contribution in [3.05, 3.63) is 34.3 Å². The third kappa shape index (κ3) is 2.93. The molecular weight excluding hydrogens is 251 g/mol. The van der Waals surface area contributed by atoms with E-state index in [9.17, 15) is 13.2 Å². The van der Waals surface area contributed by atoms with Crippen LogP contribution >= 0.6 is 11.6 Å². The number of alkyl halides is 3. The van der Waals surface area contributed by atoms with Crippen LogP contribution in [0.2, 0.25) is 5.02 Å². The van der Waals surface area contributed by atoms with E-state index in [1.54, 1.807) is 6.07 Å². The summed E-state index contributed by atoms with van der Waals surface area (Å²) in [5.74, 6) is 0. The molecule has 0 atom stereocenters. The summed E-state index contributed by atoms with van der Waals surface area (Å²) in [7, 11) is 1.84. The van der Waals surface area contributed by atoms with Gasteiger partial charge in [0.05, 0.1) is 5.56 Å². The largest absolute Gasteiger partial charge is 0.416 e. The van der Waals surface area contributed by atoms with E-state index in [0.717, 1.165) is 18.9 Å². The lowest BCUT2D eigenvalue weighted by atomic mass is 10.0. The molecule has 0 amide bonds. The van der Waals surface area contributed by atoms with E-state index < -0.39 is 11.7 Å². The van der Waals surface area contributed by atoms with Crippen molar-refractivity contribution >= 4 is 11.6 Å².